The molecule has 21 heavy (non-hydrogen) atoms. The van der Waals surface area contributed by atoms with Gasteiger partial charge in [-0.25, -0.2) is 0 Å². The summed E-state index contributed by atoms with van der Waals surface area (Å²) >= 11 is 0. The van der Waals surface area contributed by atoms with Crippen molar-refractivity contribution in [3.63, 3.8) is 0 Å². The average Bonchev–Trinajstić information content (AvgIpc) is 2.54. The largest absolute Gasteiger partial charge is 0.494 e. The molecule has 1 heterocycles. The van der Waals surface area contributed by atoms with Crippen LogP contribution in [0, 0.1) is 0 Å². The van der Waals surface area contributed by atoms with Crippen molar-refractivity contribution in [3.8, 4) is 5.75 Å². The van der Waals surface area contributed by atoms with E-state index in [0.717, 1.165) is 43.7 Å². The van der Waals surface area contributed by atoms with Gasteiger partial charge in [0.1, 0.15) is 5.75 Å². The number of aliphatic hydroxyl groups excluding tert-OH is 1. The lowest BCUT2D eigenvalue weighted by Gasteiger charge is -2.27. The number of unbranched alkanes of at least 4 members (excludes halogenated alkanes) is 1. The summed E-state index contributed by atoms with van der Waals surface area (Å²) in [5.41, 5.74) is 0.995. The topological polar surface area (TPSA) is 32.7 Å². The van der Waals surface area contributed by atoms with Gasteiger partial charge in [0.25, 0.3) is 0 Å². The number of rotatable bonds is 8. The molecule has 1 aliphatic rings. The van der Waals surface area contributed by atoms with E-state index in [9.17, 15) is 5.11 Å². The molecule has 0 spiro atoms. The van der Waals surface area contributed by atoms with Gasteiger partial charge in [-0.15, -0.1) is 0 Å². The third-order valence-corrected chi connectivity index (χ3v) is 4.20. The average molecular weight is 291 g/mol. The van der Waals surface area contributed by atoms with Crippen LogP contribution >= 0.6 is 0 Å². The summed E-state index contributed by atoms with van der Waals surface area (Å²) in [5, 5.41) is 10.3. The Hall–Kier alpha value is -1.06. The van der Waals surface area contributed by atoms with Crippen molar-refractivity contribution in [2.75, 3.05) is 26.2 Å². The highest BCUT2D eigenvalue weighted by molar-refractivity contribution is 5.28. The third-order valence-electron chi connectivity index (χ3n) is 4.20. The highest BCUT2D eigenvalue weighted by Crippen LogP contribution is 2.21. The maximum absolute atomic E-state index is 10.3. The summed E-state index contributed by atoms with van der Waals surface area (Å²) in [6.07, 6.45) is 6.65. The summed E-state index contributed by atoms with van der Waals surface area (Å²) in [7, 11) is 0. The van der Waals surface area contributed by atoms with Crippen molar-refractivity contribution in [3.05, 3.63) is 29.8 Å². The van der Waals surface area contributed by atoms with Crippen LogP contribution in [0.1, 0.15) is 57.1 Å². The van der Waals surface area contributed by atoms with Crippen molar-refractivity contribution in [1.82, 2.24) is 4.90 Å². The fourth-order valence-electron chi connectivity index (χ4n) is 2.78. The lowest BCUT2D eigenvalue weighted by Crippen LogP contribution is -2.31. The van der Waals surface area contributed by atoms with Crippen molar-refractivity contribution in [2.24, 2.45) is 0 Å². The van der Waals surface area contributed by atoms with Gasteiger partial charge in [0.05, 0.1) is 12.7 Å². The fraction of sp³-hybridized carbons (Fsp3) is 0.667. The summed E-state index contributed by atoms with van der Waals surface area (Å²) < 4.78 is 5.65. The first kappa shape index (κ1) is 16.3. The van der Waals surface area contributed by atoms with Gasteiger partial charge in [0, 0.05) is 6.54 Å². The number of ether oxygens (including phenoxy) is 1. The summed E-state index contributed by atoms with van der Waals surface area (Å²) in [5.74, 6) is 0.899. The van der Waals surface area contributed by atoms with Crippen molar-refractivity contribution >= 4 is 0 Å². The smallest absolute Gasteiger partial charge is 0.119 e. The Kier molecular flexibility index (Phi) is 7.04. The van der Waals surface area contributed by atoms with Crippen molar-refractivity contribution < 1.29 is 9.84 Å². The summed E-state index contributed by atoms with van der Waals surface area (Å²) in [6.45, 7) is 6.31. The summed E-state index contributed by atoms with van der Waals surface area (Å²) in [4.78, 5) is 2.47. The Labute approximate surface area is 128 Å². The number of aliphatic hydroxyl groups is 1. The second kappa shape index (κ2) is 9.06. The SMILES string of the molecule is CCCCOc1ccc(C(O)CCN2CCCCC2)cc1. The molecule has 3 nitrogen and oxygen atoms in total. The highest BCUT2D eigenvalue weighted by Gasteiger charge is 2.13. The number of nitrogens with zero attached hydrogens (tertiary/aromatic N) is 1. The summed E-state index contributed by atoms with van der Waals surface area (Å²) in [6, 6.07) is 7.91. The zero-order valence-electron chi connectivity index (χ0n) is 13.3. The molecule has 0 radical (unpaired) electrons. The van der Waals surface area contributed by atoms with E-state index >= 15 is 0 Å². The van der Waals surface area contributed by atoms with Gasteiger partial charge >= 0.3 is 0 Å². The van der Waals surface area contributed by atoms with Gasteiger partial charge in [-0.3, -0.25) is 0 Å². The Balaban J connectivity index is 1.74. The molecular formula is C18H29NO2. The quantitative estimate of drug-likeness (QED) is 0.740. The molecule has 1 aliphatic heterocycles. The van der Waals surface area contributed by atoms with Crippen LogP contribution in [0.15, 0.2) is 24.3 Å². The normalized spacial score (nSPS) is 17.6. The Morgan fingerprint density at radius 3 is 2.52 bits per heavy atom. The molecule has 0 aromatic heterocycles. The Morgan fingerprint density at radius 1 is 1.14 bits per heavy atom. The number of benzene rings is 1. The molecule has 0 bridgehead atoms. The molecule has 1 N–H and O–H groups in total. The van der Waals surface area contributed by atoms with Gasteiger partial charge in [0.2, 0.25) is 0 Å². The molecule has 0 aliphatic carbocycles. The number of likely N-dealkylation sites (tertiary alicyclic amines) is 1. The molecule has 1 atom stereocenters. The van der Waals surface area contributed by atoms with Crippen LogP contribution in [-0.4, -0.2) is 36.2 Å². The minimum Gasteiger partial charge on any atom is -0.494 e. The monoisotopic (exact) mass is 291 g/mol. The van der Waals surface area contributed by atoms with Crippen LogP contribution in [0.4, 0.5) is 0 Å². The van der Waals surface area contributed by atoms with E-state index in [1.807, 2.05) is 24.3 Å². The third kappa shape index (κ3) is 5.68. The predicted octanol–water partition coefficient (Wildman–Crippen LogP) is 3.77. The van der Waals surface area contributed by atoms with Crippen LogP contribution in [0.5, 0.6) is 5.75 Å². The number of hydrogen-bond acceptors (Lipinski definition) is 3. The minimum absolute atomic E-state index is 0.364. The molecule has 3 heteroatoms. The Morgan fingerprint density at radius 2 is 1.86 bits per heavy atom. The van der Waals surface area contributed by atoms with Crippen LogP contribution in [0.25, 0.3) is 0 Å². The maximum atomic E-state index is 10.3. The zero-order valence-corrected chi connectivity index (χ0v) is 13.3. The highest BCUT2D eigenvalue weighted by atomic mass is 16.5. The van der Waals surface area contributed by atoms with Crippen LogP contribution in [0.3, 0.4) is 0 Å². The zero-order chi connectivity index (χ0) is 14.9. The molecule has 1 unspecified atom stereocenters. The first-order chi connectivity index (χ1) is 10.3. The van der Waals surface area contributed by atoms with Gasteiger partial charge in [-0.1, -0.05) is 31.9 Å². The van der Waals surface area contributed by atoms with Crippen LogP contribution < -0.4 is 4.74 Å². The molecule has 1 fully saturated rings. The van der Waals surface area contributed by atoms with Crippen LogP contribution in [-0.2, 0) is 0 Å². The molecular weight excluding hydrogens is 262 g/mol. The minimum atomic E-state index is -0.364. The molecule has 1 saturated heterocycles. The second-order valence-corrected chi connectivity index (χ2v) is 5.98. The molecule has 0 amide bonds. The predicted molar refractivity (Wildman–Crippen MR) is 86.7 cm³/mol. The standard InChI is InChI=1S/C18H29NO2/c1-2-3-15-21-17-9-7-16(8-10-17)18(20)11-14-19-12-5-4-6-13-19/h7-10,18,20H,2-6,11-15H2,1H3. The molecule has 2 rings (SSSR count). The van der Waals surface area contributed by atoms with E-state index in [2.05, 4.69) is 11.8 Å². The van der Waals surface area contributed by atoms with E-state index in [1.54, 1.807) is 0 Å². The van der Waals surface area contributed by atoms with E-state index in [0.29, 0.717) is 0 Å². The first-order valence-corrected chi connectivity index (χ1v) is 8.43. The Bertz CT molecular complexity index is 385. The number of hydrogen-bond donors (Lipinski definition) is 1. The lowest BCUT2D eigenvalue weighted by molar-refractivity contribution is 0.134. The lowest BCUT2D eigenvalue weighted by atomic mass is 10.1. The molecule has 118 valence electrons. The van der Waals surface area contributed by atoms with E-state index < -0.39 is 0 Å². The van der Waals surface area contributed by atoms with Gasteiger partial charge in [-0.05, 0) is 56.5 Å². The van der Waals surface area contributed by atoms with Gasteiger partial charge in [0.15, 0.2) is 0 Å². The second-order valence-electron chi connectivity index (χ2n) is 5.98. The molecule has 1 aromatic carbocycles. The van der Waals surface area contributed by atoms with Gasteiger partial charge in [-0.2, -0.15) is 0 Å². The van der Waals surface area contributed by atoms with E-state index in [1.165, 1.54) is 32.4 Å². The van der Waals surface area contributed by atoms with Crippen molar-refractivity contribution in [1.29, 1.82) is 0 Å². The van der Waals surface area contributed by atoms with E-state index in [4.69, 9.17) is 4.74 Å². The van der Waals surface area contributed by atoms with E-state index in [-0.39, 0.29) is 6.10 Å². The van der Waals surface area contributed by atoms with Crippen molar-refractivity contribution in [2.45, 2.75) is 51.6 Å². The molecule has 1 aromatic rings. The van der Waals surface area contributed by atoms with Gasteiger partial charge < -0.3 is 14.7 Å². The maximum Gasteiger partial charge on any atom is 0.119 e. The molecule has 0 saturated carbocycles. The number of piperidine rings is 1. The van der Waals surface area contributed by atoms with Crippen LogP contribution in [0.2, 0.25) is 0 Å². The fourth-order valence-corrected chi connectivity index (χ4v) is 2.78. The first-order valence-electron chi connectivity index (χ1n) is 8.43.